The number of hydrogen-bond donors (Lipinski definition) is 2. The van der Waals surface area contributed by atoms with Crippen molar-refractivity contribution in [3.63, 3.8) is 0 Å². The number of para-hydroxylation sites is 1. The van der Waals surface area contributed by atoms with Crippen molar-refractivity contribution >= 4 is 39.9 Å². The Hall–Kier alpha value is -4.21. The quantitative estimate of drug-likeness (QED) is 0.261. The molecule has 9 heteroatoms. The van der Waals surface area contributed by atoms with Crippen LogP contribution in [-0.4, -0.2) is 38.1 Å². The molecule has 8 nitrogen and oxygen atoms in total. The fraction of sp³-hybridized carbons (Fsp3) is 0.172. The number of thioether (sulfide) groups is 1. The summed E-state index contributed by atoms with van der Waals surface area (Å²) < 4.78 is 6.12. The first-order valence-electron chi connectivity index (χ1n) is 12.0. The number of ether oxygens (including phenoxy) is 1. The molecule has 1 heterocycles. The predicted molar refractivity (Wildman–Crippen MR) is 150 cm³/mol. The van der Waals surface area contributed by atoms with Crippen molar-refractivity contribution in [3.05, 3.63) is 100 Å². The van der Waals surface area contributed by atoms with Crippen molar-refractivity contribution < 1.29 is 19.4 Å². The van der Waals surface area contributed by atoms with Crippen molar-refractivity contribution in [1.29, 1.82) is 0 Å². The second kappa shape index (κ2) is 12.4. The summed E-state index contributed by atoms with van der Waals surface area (Å²) in [7, 11) is 0. The molecule has 0 radical (unpaired) electrons. The van der Waals surface area contributed by atoms with E-state index in [0.717, 1.165) is 22.5 Å². The van der Waals surface area contributed by atoms with Crippen LogP contribution in [0.1, 0.15) is 35.1 Å². The zero-order valence-electron chi connectivity index (χ0n) is 21.1. The lowest BCUT2D eigenvalue weighted by Gasteiger charge is -2.22. The average molecular weight is 529 g/mol. The van der Waals surface area contributed by atoms with E-state index < -0.39 is 0 Å². The number of amides is 1. The third-order valence-electron chi connectivity index (χ3n) is 5.93. The highest BCUT2D eigenvalue weighted by Crippen LogP contribution is 2.34. The van der Waals surface area contributed by atoms with Crippen LogP contribution in [0.2, 0.25) is 0 Å². The summed E-state index contributed by atoms with van der Waals surface area (Å²) in [4.78, 5) is 35.7. The Bertz CT molecular complexity index is 1510. The van der Waals surface area contributed by atoms with Crippen LogP contribution in [0.3, 0.4) is 0 Å². The standard InChI is InChI=1S/C29H28N4O4S/c1-19(33(18-35)17-23-16-31-20(2)32-28(23)30)27(13-14-34)38-29(36)25-9-5-6-10-26(25)37-24-12-11-21-7-3-4-8-22(21)15-24/h3-12,15-16,18,34H,13-14,17H2,1-2H3,(H2,30,31,32). The Labute approximate surface area is 225 Å². The van der Waals surface area contributed by atoms with Gasteiger partial charge in [-0.05, 0) is 60.6 Å². The van der Waals surface area contributed by atoms with Gasteiger partial charge in [-0.15, -0.1) is 0 Å². The zero-order valence-corrected chi connectivity index (χ0v) is 21.9. The highest BCUT2D eigenvalue weighted by atomic mass is 32.2. The highest BCUT2D eigenvalue weighted by molar-refractivity contribution is 8.17. The van der Waals surface area contributed by atoms with Crippen LogP contribution < -0.4 is 10.5 Å². The molecular formula is C29H28N4O4S. The van der Waals surface area contributed by atoms with Gasteiger partial charge in [0.2, 0.25) is 11.5 Å². The normalized spacial score (nSPS) is 11.7. The van der Waals surface area contributed by atoms with E-state index in [4.69, 9.17) is 10.5 Å². The largest absolute Gasteiger partial charge is 0.457 e. The van der Waals surface area contributed by atoms with E-state index in [-0.39, 0.29) is 30.5 Å². The molecule has 4 aromatic rings. The molecule has 0 saturated heterocycles. The van der Waals surface area contributed by atoms with Gasteiger partial charge in [0.25, 0.3) is 0 Å². The maximum atomic E-state index is 13.4. The molecule has 4 rings (SSSR count). The maximum Gasteiger partial charge on any atom is 0.227 e. The molecule has 3 aromatic carbocycles. The summed E-state index contributed by atoms with van der Waals surface area (Å²) in [6.07, 6.45) is 2.43. The number of aliphatic hydroxyl groups excluding tert-OH is 1. The summed E-state index contributed by atoms with van der Waals surface area (Å²) >= 11 is 0.956. The first-order chi connectivity index (χ1) is 18.4. The van der Waals surface area contributed by atoms with Gasteiger partial charge in [-0.2, -0.15) is 0 Å². The molecule has 0 spiro atoms. The molecule has 0 aliphatic rings. The van der Waals surface area contributed by atoms with E-state index in [1.165, 1.54) is 4.90 Å². The number of anilines is 1. The molecule has 0 bridgehead atoms. The molecule has 1 aromatic heterocycles. The van der Waals surface area contributed by atoms with E-state index in [1.54, 1.807) is 44.3 Å². The minimum atomic E-state index is -0.270. The number of carbonyl (C=O) groups excluding carboxylic acids is 2. The number of rotatable bonds is 10. The van der Waals surface area contributed by atoms with E-state index in [2.05, 4.69) is 9.97 Å². The second-order valence-electron chi connectivity index (χ2n) is 8.54. The summed E-state index contributed by atoms with van der Waals surface area (Å²) in [5.41, 5.74) is 7.49. The minimum absolute atomic E-state index is 0.132. The van der Waals surface area contributed by atoms with Crippen LogP contribution >= 0.6 is 11.8 Å². The number of nitrogens with two attached hydrogens (primary N) is 1. The first-order valence-corrected chi connectivity index (χ1v) is 12.8. The molecule has 0 saturated carbocycles. The van der Waals surface area contributed by atoms with E-state index >= 15 is 0 Å². The van der Waals surface area contributed by atoms with Crippen LogP contribution in [0, 0.1) is 6.92 Å². The highest BCUT2D eigenvalue weighted by Gasteiger charge is 2.20. The van der Waals surface area contributed by atoms with Gasteiger partial charge in [0.1, 0.15) is 23.1 Å². The first kappa shape index (κ1) is 26.8. The number of nitrogen functional groups attached to an aromatic ring is 1. The summed E-state index contributed by atoms with van der Waals surface area (Å²) in [5, 5.41) is 11.5. The van der Waals surface area contributed by atoms with Gasteiger partial charge in [-0.3, -0.25) is 9.59 Å². The van der Waals surface area contributed by atoms with E-state index in [0.29, 0.717) is 45.5 Å². The molecule has 0 unspecified atom stereocenters. The van der Waals surface area contributed by atoms with Crippen LogP contribution in [0.4, 0.5) is 5.82 Å². The van der Waals surface area contributed by atoms with Gasteiger partial charge in [-0.1, -0.05) is 42.5 Å². The molecule has 38 heavy (non-hydrogen) atoms. The molecule has 0 aliphatic heterocycles. The van der Waals surface area contributed by atoms with Gasteiger partial charge >= 0.3 is 0 Å². The Balaban J connectivity index is 1.58. The van der Waals surface area contributed by atoms with Crippen molar-refractivity contribution in [2.75, 3.05) is 12.3 Å². The monoisotopic (exact) mass is 528 g/mol. The third kappa shape index (κ3) is 6.37. The van der Waals surface area contributed by atoms with Crippen molar-refractivity contribution in [1.82, 2.24) is 14.9 Å². The van der Waals surface area contributed by atoms with Crippen LogP contribution in [0.25, 0.3) is 10.8 Å². The Morgan fingerprint density at radius 2 is 1.84 bits per heavy atom. The topological polar surface area (TPSA) is 119 Å². The Morgan fingerprint density at radius 1 is 1.11 bits per heavy atom. The third-order valence-corrected chi connectivity index (χ3v) is 7.08. The van der Waals surface area contributed by atoms with Crippen molar-refractivity contribution in [3.8, 4) is 11.5 Å². The lowest BCUT2D eigenvalue weighted by molar-refractivity contribution is -0.116. The van der Waals surface area contributed by atoms with Gasteiger partial charge in [0, 0.05) is 35.4 Å². The summed E-state index contributed by atoms with van der Waals surface area (Å²) in [5.74, 6) is 1.84. The fourth-order valence-electron chi connectivity index (χ4n) is 3.87. The fourth-order valence-corrected chi connectivity index (χ4v) is 4.83. The van der Waals surface area contributed by atoms with Crippen molar-refractivity contribution in [2.24, 2.45) is 0 Å². The van der Waals surface area contributed by atoms with Gasteiger partial charge < -0.3 is 20.5 Å². The number of allylic oxidation sites excluding steroid dienone is 1. The number of nitrogens with zero attached hydrogens (tertiary/aromatic N) is 3. The molecule has 194 valence electrons. The number of benzene rings is 3. The van der Waals surface area contributed by atoms with E-state index in [9.17, 15) is 14.7 Å². The smallest absolute Gasteiger partial charge is 0.227 e. The zero-order chi connectivity index (χ0) is 27.1. The Kier molecular flexibility index (Phi) is 8.73. The van der Waals surface area contributed by atoms with Crippen LogP contribution in [0.5, 0.6) is 11.5 Å². The number of hydrogen-bond acceptors (Lipinski definition) is 8. The van der Waals surface area contributed by atoms with Gasteiger partial charge in [-0.25, -0.2) is 9.97 Å². The molecule has 0 atom stereocenters. The second-order valence-corrected chi connectivity index (χ2v) is 9.61. The summed E-state index contributed by atoms with van der Waals surface area (Å²) in [6.45, 7) is 3.39. The number of fused-ring (bicyclic) bond motifs is 1. The predicted octanol–water partition coefficient (Wildman–Crippen LogP) is 5.46. The van der Waals surface area contributed by atoms with E-state index in [1.807, 2.05) is 42.5 Å². The molecule has 0 aliphatic carbocycles. The van der Waals surface area contributed by atoms with Gasteiger partial charge in [0.05, 0.1) is 12.1 Å². The minimum Gasteiger partial charge on any atom is -0.457 e. The van der Waals surface area contributed by atoms with Crippen molar-refractivity contribution in [2.45, 2.75) is 26.8 Å². The lowest BCUT2D eigenvalue weighted by atomic mass is 10.1. The summed E-state index contributed by atoms with van der Waals surface area (Å²) in [6, 6.07) is 20.7. The van der Waals surface area contributed by atoms with Gasteiger partial charge in [0.15, 0.2) is 0 Å². The molecule has 0 fully saturated rings. The number of aromatic nitrogens is 2. The van der Waals surface area contributed by atoms with Crippen LogP contribution in [-0.2, 0) is 11.3 Å². The number of aliphatic hydroxyl groups is 1. The number of aryl methyl sites for hydroxylation is 1. The Morgan fingerprint density at radius 3 is 2.58 bits per heavy atom. The number of carbonyl (C=O) groups is 2. The molecule has 1 amide bonds. The average Bonchev–Trinajstić information content (AvgIpc) is 2.92. The molecular weight excluding hydrogens is 500 g/mol. The van der Waals surface area contributed by atoms with Crippen LogP contribution in [0.15, 0.2) is 83.5 Å². The lowest BCUT2D eigenvalue weighted by Crippen LogP contribution is -2.22. The maximum absolute atomic E-state index is 13.4. The SMILES string of the molecule is CC(=C(CCO)SC(=O)c1ccccc1Oc1ccc2ccccc2c1)N(C=O)Cc1cnc(C)nc1N. The molecule has 3 N–H and O–H groups in total.